The van der Waals surface area contributed by atoms with Crippen LogP contribution in [0, 0.1) is 12.7 Å². The molecule has 0 aliphatic carbocycles. The van der Waals surface area contributed by atoms with E-state index in [1.807, 2.05) is 6.92 Å². The molecule has 2 rings (SSSR count). The van der Waals surface area contributed by atoms with Crippen LogP contribution in [0.5, 0.6) is 0 Å². The van der Waals surface area contributed by atoms with Crippen LogP contribution in [0.1, 0.15) is 11.1 Å². The Hall–Kier alpha value is -1.40. The molecule has 20 heavy (non-hydrogen) atoms. The number of hydrogen-bond acceptors (Lipinski definition) is 3. The zero-order valence-corrected chi connectivity index (χ0v) is 13.1. The van der Waals surface area contributed by atoms with E-state index in [1.165, 1.54) is 18.2 Å². The molecule has 3 nitrogen and oxygen atoms in total. The maximum absolute atomic E-state index is 13.7. The highest BCUT2D eigenvalue weighted by Gasteiger charge is 2.20. The average Bonchev–Trinajstić information content (AvgIpc) is 2.32. The maximum atomic E-state index is 13.7. The lowest BCUT2D eigenvalue weighted by molar-refractivity contribution is 0.587. The molecule has 0 fully saturated rings. The molecule has 106 valence electrons. The van der Waals surface area contributed by atoms with Gasteiger partial charge in [-0.3, -0.25) is 0 Å². The van der Waals surface area contributed by atoms with E-state index in [1.54, 1.807) is 18.2 Å². The van der Waals surface area contributed by atoms with Crippen molar-refractivity contribution in [2.45, 2.75) is 17.6 Å². The van der Waals surface area contributed by atoms with Gasteiger partial charge in [-0.25, -0.2) is 12.8 Å². The first kappa shape index (κ1) is 15.0. The van der Waals surface area contributed by atoms with Gasteiger partial charge in [0.1, 0.15) is 5.82 Å². The van der Waals surface area contributed by atoms with Gasteiger partial charge in [-0.05, 0) is 36.8 Å². The summed E-state index contributed by atoms with van der Waals surface area (Å²) in [6.45, 7) is 1.82. The van der Waals surface area contributed by atoms with Crippen LogP contribution in [0.4, 0.5) is 10.1 Å². The second-order valence-electron chi connectivity index (χ2n) is 4.54. The van der Waals surface area contributed by atoms with Crippen LogP contribution in [0.2, 0.25) is 0 Å². The minimum absolute atomic E-state index is 0.0328. The topological polar surface area (TPSA) is 60.2 Å². The van der Waals surface area contributed by atoms with Crippen molar-refractivity contribution in [1.29, 1.82) is 0 Å². The van der Waals surface area contributed by atoms with Crippen LogP contribution in [0.25, 0.3) is 0 Å². The lowest BCUT2D eigenvalue weighted by Crippen LogP contribution is -2.09. The molecule has 0 aliphatic rings. The molecule has 2 N–H and O–H groups in total. The maximum Gasteiger partial charge on any atom is 0.184 e. The quantitative estimate of drug-likeness (QED) is 0.855. The van der Waals surface area contributed by atoms with E-state index < -0.39 is 21.4 Å². The van der Waals surface area contributed by atoms with E-state index in [2.05, 4.69) is 15.9 Å². The van der Waals surface area contributed by atoms with Gasteiger partial charge >= 0.3 is 0 Å². The summed E-state index contributed by atoms with van der Waals surface area (Å²) >= 11 is 3.13. The molecule has 0 amide bonds. The molecule has 0 aromatic heterocycles. The zero-order valence-electron chi connectivity index (χ0n) is 10.7. The molecule has 0 radical (unpaired) electrons. The molecule has 0 atom stereocenters. The molecule has 0 saturated heterocycles. The summed E-state index contributed by atoms with van der Waals surface area (Å²) in [5, 5.41) is 0. The van der Waals surface area contributed by atoms with E-state index in [4.69, 9.17) is 5.73 Å². The van der Waals surface area contributed by atoms with Gasteiger partial charge < -0.3 is 5.73 Å². The van der Waals surface area contributed by atoms with E-state index in [9.17, 15) is 12.8 Å². The number of halogens is 2. The fourth-order valence-corrected chi connectivity index (χ4v) is 3.70. The van der Waals surface area contributed by atoms with Crippen molar-refractivity contribution >= 4 is 31.5 Å². The number of hydrogen-bond donors (Lipinski definition) is 1. The highest BCUT2D eigenvalue weighted by atomic mass is 79.9. The molecule has 0 bridgehead atoms. The van der Waals surface area contributed by atoms with Crippen molar-refractivity contribution in [2.24, 2.45) is 0 Å². The predicted octanol–water partition coefficient (Wildman–Crippen LogP) is 3.45. The Labute approximate surface area is 125 Å². The van der Waals surface area contributed by atoms with Crippen LogP contribution < -0.4 is 5.73 Å². The first-order valence-electron chi connectivity index (χ1n) is 5.82. The van der Waals surface area contributed by atoms with E-state index in [0.29, 0.717) is 4.47 Å². The number of rotatable bonds is 3. The SMILES string of the molecule is Cc1ccc(S(=O)(=O)Cc2ccc(Br)cc2F)c(N)c1. The third-order valence-electron chi connectivity index (χ3n) is 2.86. The number of sulfone groups is 1. The molecule has 2 aromatic rings. The third-order valence-corrected chi connectivity index (χ3v) is 5.09. The Kier molecular flexibility index (Phi) is 4.15. The van der Waals surface area contributed by atoms with Gasteiger partial charge in [0.2, 0.25) is 0 Å². The molecule has 2 aromatic carbocycles. The molecule has 0 saturated carbocycles. The fourth-order valence-electron chi connectivity index (χ4n) is 1.87. The van der Waals surface area contributed by atoms with Crippen LogP contribution in [0.15, 0.2) is 45.8 Å². The van der Waals surface area contributed by atoms with E-state index in [0.717, 1.165) is 5.56 Å². The molecule has 6 heteroatoms. The van der Waals surface area contributed by atoms with Crippen molar-refractivity contribution < 1.29 is 12.8 Å². The Balaban J connectivity index is 2.41. The summed E-state index contributed by atoms with van der Waals surface area (Å²) in [6.07, 6.45) is 0. The van der Waals surface area contributed by atoms with Crippen molar-refractivity contribution in [1.82, 2.24) is 0 Å². The van der Waals surface area contributed by atoms with Gasteiger partial charge in [0.25, 0.3) is 0 Å². The summed E-state index contributed by atoms with van der Waals surface area (Å²) in [5.74, 6) is -0.979. The lowest BCUT2D eigenvalue weighted by atomic mass is 10.2. The predicted molar refractivity (Wildman–Crippen MR) is 80.6 cm³/mol. The number of aryl methyl sites for hydroxylation is 1. The smallest absolute Gasteiger partial charge is 0.184 e. The Bertz CT molecular complexity index is 760. The molecule has 0 spiro atoms. The summed E-state index contributed by atoms with van der Waals surface area (Å²) in [4.78, 5) is 0.0328. The summed E-state index contributed by atoms with van der Waals surface area (Å²) in [6, 6.07) is 9.00. The Morgan fingerprint density at radius 2 is 1.90 bits per heavy atom. The lowest BCUT2D eigenvalue weighted by Gasteiger charge is -2.09. The second kappa shape index (κ2) is 5.54. The van der Waals surface area contributed by atoms with Gasteiger partial charge in [-0.2, -0.15) is 0 Å². The van der Waals surface area contributed by atoms with Crippen molar-refractivity contribution in [3.63, 3.8) is 0 Å². The van der Waals surface area contributed by atoms with Crippen LogP contribution >= 0.6 is 15.9 Å². The molecule has 0 unspecified atom stereocenters. The van der Waals surface area contributed by atoms with Gasteiger partial charge in [-0.1, -0.05) is 28.1 Å². The van der Waals surface area contributed by atoms with Crippen molar-refractivity contribution in [3.05, 3.63) is 57.8 Å². The van der Waals surface area contributed by atoms with E-state index >= 15 is 0 Å². The van der Waals surface area contributed by atoms with Gasteiger partial charge in [-0.15, -0.1) is 0 Å². The van der Waals surface area contributed by atoms with Gasteiger partial charge in [0.05, 0.1) is 16.3 Å². The van der Waals surface area contributed by atoms with Crippen molar-refractivity contribution in [2.75, 3.05) is 5.73 Å². The number of nitrogen functional groups attached to an aromatic ring is 1. The normalized spacial score (nSPS) is 11.6. The Morgan fingerprint density at radius 1 is 1.20 bits per heavy atom. The fraction of sp³-hybridized carbons (Fsp3) is 0.143. The standard InChI is InChI=1S/C14H13BrFNO2S/c1-9-2-5-14(13(17)6-9)20(18,19)8-10-3-4-11(15)7-12(10)16/h2-7H,8,17H2,1H3. The minimum atomic E-state index is -3.68. The number of nitrogens with two attached hydrogens (primary N) is 1. The molecular formula is C14H13BrFNO2S. The second-order valence-corrected chi connectivity index (χ2v) is 7.41. The third kappa shape index (κ3) is 3.19. The largest absolute Gasteiger partial charge is 0.398 e. The van der Waals surface area contributed by atoms with Crippen molar-refractivity contribution in [3.8, 4) is 0 Å². The molecular weight excluding hydrogens is 345 g/mol. The number of benzene rings is 2. The first-order chi connectivity index (χ1) is 9.29. The molecule has 0 heterocycles. The summed E-state index contributed by atoms with van der Waals surface area (Å²) in [5.41, 5.74) is 6.92. The highest BCUT2D eigenvalue weighted by molar-refractivity contribution is 9.10. The number of anilines is 1. The molecule has 0 aliphatic heterocycles. The summed E-state index contributed by atoms with van der Waals surface area (Å²) in [7, 11) is -3.68. The van der Waals surface area contributed by atoms with Crippen LogP contribution in [0.3, 0.4) is 0 Å². The monoisotopic (exact) mass is 357 g/mol. The zero-order chi connectivity index (χ0) is 14.9. The Morgan fingerprint density at radius 3 is 2.50 bits per heavy atom. The van der Waals surface area contributed by atoms with Gasteiger partial charge in [0.15, 0.2) is 9.84 Å². The first-order valence-corrected chi connectivity index (χ1v) is 8.27. The van der Waals surface area contributed by atoms with E-state index in [-0.39, 0.29) is 16.1 Å². The summed E-state index contributed by atoms with van der Waals surface area (Å²) < 4.78 is 38.9. The van der Waals surface area contributed by atoms with Crippen LogP contribution in [-0.2, 0) is 15.6 Å². The van der Waals surface area contributed by atoms with Gasteiger partial charge in [0, 0.05) is 10.0 Å². The van der Waals surface area contributed by atoms with Crippen LogP contribution in [-0.4, -0.2) is 8.42 Å². The minimum Gasteiger partial charge on any atom is -0.398 e. The average molecular weight is 358 g/mol. The highest BCUT2D eigenvalue weighted by Crippen LogP contribution is 2.25.